The smallest absolute Gasteiger partial charge is 0.191 e. The van der Waals surface area contributed by atoms with Crippen LogP contribution in [0, 0.1) is 0 Å². The molecule has 2 rings (SSSR count). The first-order valence-corrected chi connectivity index (χ1v) is 7.52. The normalized spacial score (nSPS) is 21.5. The Balaban J connectivity index is 1.77. The second-order valence-electron chi connectivity index (χ2n) is 5.89. The maximum absolute atomic E-state index is 4.29. The predicted molar refractivity (Wildman–Crippen MR) is 87.5 cm³/mol. The van der Waals surface area contributed by atoms with E-state index in [4.69, 9.17) is 0 Å². The van der Waals surface area contributed by atoms with Gasteiger partial charge in [-0.2, -0.15) is 0 Å². The average molecular weight is 292 g/mol. The van der Waals surface area contributed by atoms with E-state index < -0.39 is 0 Å². The van der Waals surface area contributed by atoms with E-state index in [0.717, 1.165) is 38.7 Å². The van der Waals surface area contributed by atoms with Gasteiger partial charge in [-0.15, -0.1) is 0 Å². The van der Waals surface area contributed by atoms with Gasteiger partial charge in [0.15, 0.2) is 5.96 Å². The fourth-order valence-electron chi connectivity index (χ4n) is 2.61. The van der Waals surface area contributed by atoms with E-state index in [9.17, 15) is 0 Å². The Labute approximate surface area is 127 Å². The van der Waals surface area contributed by atoms with E-state index >= 15 is 0 Å². The predicted octanol–water partition coefficient (Wildman–Crippen LogP) is -0.0641. The SMILES string of the molecule is CN=C(NCc1ccn(C)c1)NCC1CN(C)CCN1C. The van der Waals surface area contributed by atoms with Gasteiger partial charge in [-0.25, -0.2) is 0 Å². The summed E-state index contributed by atoms with van der Waals surface area (Å²) in [7, 11) is 8.23. The van der Waals surface area contributed by atoms with Crippen LogP contribution in [0.3, 0.4) is 0 Å². The lowest BCUT2D eigenvalue weighted by Crippen LogP contribution is -2.55. The van der Waals surface area contributed by atoms with Crippen LogP contribution in [-0.2, 0) is 13.6 Å². The molecule has 0 aromatic carbocycles. The Hall–Kier alpha value is -1.53. The van der Waals surface area contributed by atoms with Gasteiger partial charge in [-0.3, -0.25) is 9.89 Å². The molecule has 1 aromatic rings. The molecule has 0 spiro atoms. The van der Waals surface area contributed by atoms with Crippen molar-refractivity contribution in [1.82, 2.24) is 25.0 Å². The zero-order valence-corrected chi connectivity index (χ0v) is 13.6. The number of nitrogens with zero attached hydrogens (tertiary/aromatic N) is 4. The first kappa shape index (κ1) is 15.9. The van der Waals surface area contributed by atoms with Gasteiger partial charge in [0.1, 0.15) is 0 Å². The van der Waals surface area contributed by atoms with Crippen molar-refractivity contribution in [1.29, 1.82) is 0 Å². The summed E-state index contributed by atoms with van der Waals surface area (Å²) in [5, 5.41) is 6.79. The summed E-state index contributed by atoms with van der Waals surface area (Å²) in [5.41, 5.74) is 1.26. The minimum atomic E-state index is 0.527. The molecule has 0 saturated carbocycles. The van der Waals surface area contributed by atoms with E-state index in [2.05, 4.69) is 62.5 Å². The molecule has 21 heavy (non-hydrogen) atoms. The molecule has 1 aliphatic rings. The van der Waals surface area contributed by atoms with Crippen molar-refractivity contribution in [3.8, 4) is 0 Å². The monoisotopic (exact) mass is 292 g/mol. The fraction of sp³-hybridized carbons (Fsp3) is 0.667. The van der Waals surface area contributed by atoms with E-state index in [-0.39, 0.29) is 0 Å². The first-order chi connectivity index (χ1) is 10.1. The number of aromatic nitrogens is 1. The minimum Gasteiger partial charge on any atom is -0.357 e. The van der Waals surface area contributed by atoms with Crippen LogP contribution in [0.25, 0.3) is 0 Å². The highest BCUT2D eigenvalue weighted by atomic mass is 15.3. The first-order valence-electron chi connectivity index (χ1n) is 7.52. The molecular formula is C15H28N6. The van der Waals surface area contributed by atoms with Gasteiger partial charge in [0.05, 0.1) is 0 Å². The summed E-state index contributed by atoms with van der Waals surface area (Å²) in [6.45, 7) is 5.07. The molecule has 6 heteroatoms. The third kappa shape index (κ3) is 4.75. The highest BCUT2D eigenvalue weighted by Gasteiger charge is 2.21. The lowest BCUT2D eigenvalue weighted by molar-refractivity contribution is 0.116. The van der Waals surface area contributed by atoms with Gasteiger partial charge >= 0.3 is 0 Å². The molecule has 0 bridgehead atoms. The number of aryl methyl sites for hydroxylation is 1. The number of rotatable bonds is 4. The molecule has 1 aromatic heterocycles. The van der Waals surface area contributed by atoms with Crippen LogP contribution >= 0.6 is 0 Å². The molecule has 0 aliphatic carbocycles. The molecule has 1 aliphatic heterocycles. The molecule has 2 heterocycles. The van der Waals surface area contributed by atoms with E-state index in [1.54, 1.807) is 0 Å². The summed E-state index contributed by atoms with van der Waals surface area (Å²) in [5.74, 6) is 0.862. The van der Waals surface area contributed by atoms with Crippen molar-refractivity contribution in [3.63, 3.8) is 0 Å². The highest BCUT2D eigenvalue weighted by Crippen LogP contribution is 2.04. The second kappa shape index (κ2) is 7.47. The standard InChI is InChI=1S/C15H28N6/c1-16-15(17-9-13-5-6-19(2)11-13)18-10-14-12-20(3)7-8-21(14)4/h5-6,11,14H,7-10,12H2,1-4H3,(H2,16,17,18). The maximum atomic E-state index is 4.29. The number of guanidine groups is 1. The molecular weight excluding hydrogens is 264 g/mol. The topological polar surface area (TPSA) is 47.8 Å². The number of hydrogen-bond acceptors (Lipinski definition) is 3. The second-order valence-corrected chi connectivity index (χ2v) is 5.89. The highest BCUT2D eigenvalue weighted by molar-refractivity contribution is 5.79. The molecule has 6 nitrogen and oxygen atoms in total. The summed E-state index contributed by atoms with van der Waals surface area (Å²) in [4.78, 5) is 9.09. The zero-order valence-electron chi connectivity index (χ0n) is 13.6. The Morgan fingerprint density at radius 2 is 2.10 bits per heavy atom. The molecule has 0 amide bonds. The fourth-order valence-corrected chi connectivity index (χ4v) is 2.61. The third-order valence-corrected chi connectivity index (χ3v) is 4.06. The minimum absolute atomic E-state index is 0.527. The molecule has 1 atom stereocenters. The van der Waals surface area contributed by atoms with Crippen LogP contribution in [0.5, 0.6) is 0 Å². The number of likely N-dealkylation sites (N-methyl/N-ethyl adjacent to an activating group) is 2. The third-order valence-electron chi connectivity index (χ3n) is 4.06. The Morgan fingerprint density at radius 1 is 1.29 bits per heavy atom. The van der Waals surface area contributed by atoms with Gasteiger partial charge in [0, 0.05) is 65.3 Å². The van der Waals surface area contributed by atoms with Crippen molar-refractivity contribution in [2.24, 2.45) is 12.0 Å². The van der Waals surface area contributed by atoms with Crippen LogP contribution < -0.4 is 10.6 Å². The van der Waals surface area contributed by atoms with E-state index in [1.807, 2.05) is 14.1 Å². The van der Waals surface area contributed by atoms with E-state index in [1.165, 1.54) is 5.56 Å². The number of piperazine rings is 1. The van der Waals surface area contributed by atoms with Crippen molar-refractivity contribution < 1.29 is 0 Å². The van der Waals surface area contributed by atoms with Gasteiger partial charge < -0.3 is 20.1 Å². The Kier molecular flexibility index (Phi) is 5.64. The molecule has 118 valence electrons. The number of aliphatic imine (C=N–C) groups is 1. The lowest BCUT2D eigenvalue weighted by atomic mass is 10.2. The van der Waals surface area contributed by atoms with Crippen molar-refractivity contribution >= 4 is 5.96 Å². The van der Waals surface area contributed by atoms with Crippen LogP contribution in [0.15, 0.2) is 23.5 Å². The van der Waals surface area contributed by atoms with Crippen LogP contribution in [-0.4, -0.2) is 73.7 Å². The van der Waals surface area contributed by atoms with Crippen LogP contribution in [0.2, 0.25) is 0 Å². The number of hydrogen-bond donors (Lipinski definition) is 2. The summed E-state index contributed by atoms with van der Waals surface area (Å²) in [6.07, 6.45) is 4.17. The van der Waals surface area contributed by atoms with Crippen molar-refractivity contribution in [2.75, 3.05) is 47.3 Å². The van der Waals surface area contributed by atoms with Gasteiger partial charge in [-0.1, -0.05) is 0 Å². The lowest BCUT2D eigenvalue weighted by Gasteiger charge is -2.37. The Morgan fingerprint density at radius 3 is 2.76 bits per heavy atom. The van der Waals surface area contributed by atoms with Gasteiger partial charge in [0.2, 0.25) is 0 Å². The molecule has 1 saturated heterocycles. The van der Waals surface area contributed by atoms with Crippen molar-refractivity contribution in [2.45, 2.75) is 12.6 Å². The Bertz CT molecular complexity index is 466. The van der Waals surface area contributed by atoms with Gasteiger partial charge in [-0.05, 0) is 25.7 Å². The van der Waals surface area contributed by atoms with Crippen molar-refractivity contribution in [3.05, 3.63) is 24.0 Å². The van der Waals surface area contributed by atoms with Gasteiger partial charge in [0.25, 0.3) is 0 Å². The molecule has 1 unspecified atom stereocenters. The molecule has 1 fully saturated rings. The largest absolute Gasteiger partial charge is 0.357 e. The number of nitrogens with one attached hydrogen (secondary N) is 2. The van der Waals surface area contributed by atoms with Crippen LogP contribution in [0.4, 0.5) is 0 Å². The molecule has 2 N–H and O–H groups in total. The average Bonchev–Trinajstić information content (AvgIpc) is 2.88. The summed E-state index contributed by atoms with van der Waals surface area (Å²) in [6, 6.07) is 2.64. The van der Waals surface area contributed by atoms with E-state index in [0.29, 0.717) is 6.04 Å². The van der Waals surface area contributed by atoms with Crippen LogP contribution in [0.1, 0.15) is 5.56 Å². The molecule has 0 radical (unpaired) electrons. The quantitative estimate of drug-likeness (QED) is 0.603. The summed E-state index contributed by atoms with van der Waals surface area (Å²) < 4.78 is 2.06. The summed E-state index contributed by atoms with van der Waals surface area (Å²) >= 11 is 0. The maximum Gasteiger partial charge on any atom is 0.191 e. The zero-order chi connectivity index (χ0) is 15.2.